The van der Waals surface area contributed by atoms with Gasteiger partial charge in [0, 0.05) is 0 Å². The van der Waals surface area contributed by atoms with Crippen LogP contribution < -0.4 is 4.74 Å². The molecule has 1 nitrogen and oxygen atoms in total. The monoisotopic (exact) mass is 342 g/mol. The zero-order chi connectivity index (χ0) is 18.0. The molecule has 0 spiro atoms. The van der Waals surface area contributed by atoms with Crippen molar-refractivity contribution in [1.29, 1.82) is 0 Å². The predicted molar refractivity (Wildman–Crippen MR) is 110 cm³/mol. The summed E-state index contributed by atoms with van der Waals surface area (Å²) in [7, 11) is 1.70. The van der Waals surface area contributed by atoms with E-state index in [1.54, 1.807) is 7.11 Å². The Kier molecular flexibility index (Phi) is 6.66. The van der Waals surface area contributed by atoms with Gasteiger partial charge in [-0.1, -0.05) is 84.9 Å². The molecular formula is C25H26O. The molecule has 3 rings (SSSR count). The van der Waals surface area contributed by atoms with E-state index in [1.807, 2.05) is 12.1 Å². The summed E-state index contributed by atoms with van der Waals surface area (Å²) in [6, 6.07) is 29.8. The van der Waals surface area contributed by atoms with E-state index in [2.05, 4.69) is 84.9 Å². The van der Waals surface area contributed by atoms with E-state index >= 15 is 0 Å². The molecule has 0 radical (unpaired) electrons. The first-order chi connectivity index (χ1) is 12.8. The van der Waals surface area contributed by atoms with Crippen LogP contribution in [0.1, 0.15) is 23.1 Å². The lowest BCUT2D eigenvalue weighted by molar-refractivity contribution is 0.415. The maximum absolute atomic E-state index is 5.22. The summed E-state index contributed by atoms with van der Waals surface area (Å²) in [5.41, 5.74) is 4.03. The minimum atomic E-state index is 0.592. The van der Waals surface area contributed by atoms with E-state index in [0.717, 1.165) is 25.0 Å². The van der Waals surface area contributed by atoms with E-state index in [1.165, 1.54) is 16.7 Å². The van der Waals surface area contributed by atoms with Gasteiger partial charge >= 0.3 is 0 Å². The molecule has 0 aromatic heterocycles. The predicted octanol–water partition coefficient (Wildman–Crippen LogP) is 6.20. The Bertz CT molecular complexity index is 747. The first kappa shape index (κ1) is 18.0. The SMILES string of the molecule is COc1ccc(/C=C\CC(Cc2ccccc2)Cc2ccccc2)cc1. The molecule has 0 atom stereocenters. The van der Waals surface area contributed by atoms with Crippen LogP contribution in [0.5, 0.6) is 5.75 Å². The summed E-state index contributed by atoms with van der Waals surface area (Å²) in [5.74, 6) is 1.49. The summed E-state index contributed by atoms with van der Waals surface area (Å²) in [4.78, 5) is 0. The summed E-state index contributed by atoms with van der Waals surface area (Å²) >= 11 is 0. The van der Waals surface area contributed by atoms with Gasteiger partial charge in [-0.25, -0.2) is 0 Å². The molecule has 0 fully saturated rings. The van der Waals surface area contributed by atoms with Crippen LogP contribution in [0.2, 0.25) is 0 Å². The number of methoxy groups -OCH3 is 1. The summed E-state index contributed by atoms with van der Waals surface area (Å²) in [5, 5.41) is 0. The lowest BCUT2D eigenvalue weighted by Gasteiger charge is -2.15. The molecule has 0 N–H and O–H groups in total. The lowest BCUT2D eigenvalue weighted by atomic mass is 9.89. The Balaban J connectivity index is 1.66. The van der Waals surface area contributed by atoms with E-state index in [4.69, 9.17) is 4.74 Å². The number of rotatable bonds is 8. The molecule has 0 bridgehead atoms. The number of allylic oxidation sites excluding steroid dienone is 1. The van der Waals surface area contributed by atoms with Gasteiger partial charge in [0.05, 0.1) is 7.11 Å². The maximum Gasteiger partial charge on any atom is 0.118 e. The molecule has 0 saturated carbocycles. The van der Waals surface area contributed by atoms with Crippen molar-refractivity contribution in [3.05, 3.63) is 108 Å². The molecule has 26 heavy (non-hydrogen) atoms. The van der Waals surface area contributed by atoms with E-state index in [9.17, 15) is 0 Å². The first-order valence-electron chi connectivity index (χ1n) is 9.22. The molecule has 3 aromatic rings. The Morgan fingerprint density at radius 1 is 0.731 bits per heavy atom. The highest BCUT2D eigenvalue weighted by atomic mass is 16.5. The van der Waals surface area contributed by atoms with Crippen molar-refractivity contribution in [2.75, 3.05) is 7.11 Å². The van der Waals surface area contributed by atoms with Crippen LogP contribution in [0.15, 0.2) is 91.0 Å². The molecule has 3 aromatic carbocycles. The van der Waals surface area contributed by atoms with E-state index in [0.29, 0.717) is 5.92 Å². The second-order valence-electron chi connectivity index (χ2n) is 6.66. The number of benzene rings is 3. The van der Waals surface area contributed by atoms with Crippen LogP contribution in [0.3, 0.4) is 0 Å². The van der Waals surface area contributed by atoms with Gasteiger partial charge in [-0.2, -0.15) is 0 Å². The number of hydrogen-bond acceptors (Lipinski definition) is 1. The minimum Gasteiger partial charge on any atom is -0.497 e. The Morgan fingerprint density at radius 3 is 1.77 bits per heavy atom. The fourth-order valence-electron chi connectivity index (χ4n) is 3.25. The molecule has 1 heteroatoms. The Labute approximate surface area is 157 Å². The largest absolute Gasteiger partial charge is 0.497 e. The van der Waals surface area contributed by atoms with Gasteiger partial charge in [0.15, 0.2) is 0 Å². The molecule has 0 heterocycles. The third-order valence-corrected chi connectivity index (χ3v) is 4.63. The van der Waals surface area contributed by atoms with Gasteiger partial charge < -0.3 is 4.74 Å². The molecule has 0 aliphatic heterocycles. The second-order valence-corrected chi connectivity index (χ2v) is 6.66. The van der Waals surface area contributed by atoms with Gasteiger partial charge in [0.25, 0.3) is 0 Å². The van der Waals surface area contributed by atoms with Gasteiger partial charge in [0.2, 0.25) is 0 Å². The fourth-order valence-corrected chi connectivity index (χ4v) is 3.25. The normalized spacial score (nSPS) is 11.2. The fraction of sp³-hybridized carbons (Fsp3) is 0.200. The van der Waals surface area contributed by atoms with Crippen LogP contribution in [0, 0.1) is 5.92 Å². The third kappa shape index (κ3) is 5.63. The van der Waals surface area contributed by atoms with Crippen molar-refractivity contribution in [3.63, 3.8) is 0 Å². The standard InChI is InChI=1S/C25H26O/c1-26-25-17-15-21(16-18-25)13-8-14-24(19-22-9-4-2-5-10-22)20-23-11-6-3-7-12-23/h2-13,15-18,24H,14,19-20H2,1H3/b13-8-. The van der Waals surface area contributed by atoms with Crippen molar-refractivity contribution < 1.29 is 4.74 Å². The zero-order valence-electron chi connectivity index (χ0n) is 15.3. The van der Waals surface area contributed by atoms with Crippen molar-refractivity contribution in [1.82, 2.24) is 0 Å². The summed E-state index contributed by atoms with van der Waals surface area (Å²) < 4.78 is 5.22. The Morgan fingerprint density at radius 2 is 1.27 bits per heavy atom. The van der Waals surface area contributed by atoms with Crippen LogP contribution in [-0.4, -0.2) is 7.11 Å². The van der Waals surface area contributed by atoms with Crippen molar-refractivity contribution in [2.45, 2.75) is 19.3 Å². The van der Waals surface area contributed by atoms with Crippen molar-refractivity contribution in [2.24, 2.45) is 5.92 Å². The Hall–Kier alpha value is -2.80. The maximum atomic E-state index is 5.22. The second kappa shape index (κ2) is 9.62. The van der Waals surface area contributed by atoms with Crippen molar-refractivity contribution >= 4 is 6.08 Å². The van der Waals surface area contributed by atoms with Gasteiger partial charge in [-0.05, 0) is 54.0 Å². The molecule has 0 amide bonds. The average molecular weight is 342 g/mol. The minimum absolute atomic E-state index is 0.592. The molecule has 0 unspecified atom stereocenters. The highest BCUT2D eigenvalue weighted by Crippen LogP contribution is 2.20. The number of hydrogen-bond donors (Lipinski definition) is 0. The molecule has 0 aliphatic carbocycles. The average Bonchev–Trinajstić information content (AvgIpc) is 2.70. The van der Waals surface area contributed by atoms with Crippen LogP contribution >= 0.6 is 0 Å². The van der Waals surface area contributed by atoms with Crippen LogP contribution in [0.25, 0.3) is 6.08 Å². The van der Waals surface area contributed by atoms with Crippen LogP contribution in [0.4, 0.5) is 0 Å². The number of ether oxygens (including phenoxy) is 1. The van der Waals surface area contributed by atoms with Crippen LogP contribution in [-0.2, 0) is 12.8 Å². The third-order valence-electron chi connectivity index (χ3n) is 4.63. The zero-order valence-corrected chi connectivity index (χ0v) is 15.3. The quantitative estimate of drug-likeness (QED) is 0.473. The van der Waals surface area contributed by atoms with Gasteiger partial charge in [0.1, 0.15) is 5.75 Å². The highest BCUT2D eigenvalue weighted by Gasteiger charge is 2.09. The van der Waals surface area contributed by atoms with Crippen molar-refractivity contribution in [3.8, 4) is 5.75 Å². The van der Waals surface area contributed by atoms with E-state index < -0.39 is 0 Å². The topological polar surface area (TPSA) is 9.23 Å². The summed E-state index contributed by atoms with van der Waals surface area (Å²) in [6.07, 6.45) is 7.78. The van der Waals surface area contributed by atoms with Gasteiger partial charge in [-0.15, -0.1) is 0 Å². The van der Waals surface area contributed by atoms with Gasteiger partial charge in [-0.3, -0.25) is 0 Å². The summed E-state index contributed by atoms with van der Waals surface area (Å²) in [6.45, 7) is 0. The van der Waals surface area contributed by atoms with E-state index in [-0.39, 0.29) is 0 Å². The lowest BCUT2D eigenvalue weighted by Crippen LogP contribution is -2.07. The highest BCUT2D eigenvalue weighted by molar-refractivity contribution is 5.50. The molecule has 0 aliphatic rings. The smallest absolute Gasteiger partial charge is 0.118 e. The molecule has 132 valence electrons. The first-order valence-corrected chi connectivity index (χ1v) is 9.22. The molecular weight excluding hydrogens is 316 g/mol. The molecule has 0 saturated heterocycles.